The molecule has 0 amide bonds. The molecule has 4 rings (SSSR count). The van der Waals surface area contributed by atoms with Crippen molar-refractivity contribution in [2.75, 3.05) is 32.7 Å². The SMILES string of the molecule is O=c1ccn(CN2CCC(CN3CCCCCC3)CC2)c2c(Br)cccc12. The highest BCUT2D eigenvalue weighted by Crippen LogP contribution is 2.24. The Morgan fingerprint density at radius 3 is 2.41 bits per heavy atom. The normalized spacial score (nSPS) is 20.8. The Balaban J connectivity index is 1.38. The minimum atomic E-state index is 0.0960. The van der Waals surface area contributed by atoms with E-state index in [1.165, 1.54) is 58.2 Å². The number of hydrogen-bond donors (Lipinski definition) is 0. The number of aromatic nitrogens is 1. The number of fused-ring (bicyclic) bond motifs is 1. The monoisotopic (exact) mass is 431 g/mol. The zero-order valence-electron chi connectivity index (χ0n) is 16.1. The van der Waals surface area contributed by atoms with Gasteiger partial charge in [-0.05, 0) is 72.8 Å². The predicted molar refractivity (Wildman–Crippen MR) is 115 cm³/mol. The van der Waals surface area contributed by atoms with Gasteiger partial charge in [0.1, 0.15) is 0 Å². The van der Waals surface area contributed by atoms with Crippen molar-refractivity contribution in [3.8, 4) is 0 Å². The number of nitrogens with zero attached hydrogens (tertiary/aromatic N) is 3. The van der Waals surface area contributed by atoms with Crippen LogP contribution in [0.25, 0.3) is 10.9 Å². The van der Waals surface area contributed by atoms with Crippen LogP contribution >= 0.6 is 15.9 Å². The van der Waals surface area contributed by atoms with Crippen molar-refractivity contribution in [1.82, 2.24) is 14.4 Å². The average Bonchev–Trinajstić information content (AvgIpc) is 2.94. The first-order chi connectivity index (χ1) is 13.2. The summed E-state index contributed by atoms with van der Waals surface area (Å²) in [6.07, 6.45) is 10.1. The lowest BCUT2D eigenvalue weighted by Gasteiger charge is -2.35. The standard InChI is InChI=1S/C22H30BrN3O/c23-20-7-5-6-19-21(27)10-15-26(22(19)20)17-25-13-8-18(9-14-25)16-24-11-3-1-2-4-12-24/h5-7,10,15,18H,1-4,8-9,11-14,16-17H2. The van der Waals surface area contributed by atoms with E-state index < -0.39 is 0 Å². The van der Waals surface area contributed by atoms with Gasteiger partial charge in [0.25, 0.3) is 0 Å². The minimum absolute atomic E-state index is 0.0960. The summed E-state index contributed by atoms with van der Waals surface area (Å²) in [6, 6.07) is 7.57. The number of para-hydroxylation sites is 1. The lowest BCUT2D eigenvalue weighted by molar-refractivity contribution is 0.123. The molecule has 2 fully saturated rings. The van der Waals surface area contributed by atoms with Crippen LogP contribution in [0, 0.1) is 5.92 Å². The van der Waals surface area contributed by atoms with Gasteiger partial charge in [-0.2, -0.15) is 0 Å². The maximum Gasteiger partial charge on any atom is 0.189 e. The molecule has 1 aromatic heterocycles. The van der Waals surface area contributed by atoms with Crippen molar-refractivity contribution in [3.05, 3.63) is 45.2 Å². The van der Waals surface area contributed by atoms with Crippen molar-refractivity contribution in [2.24, 2.45) is 5.92 Å². The Labute approximate surface area is 170 Å². The fourth-order valence-corrected chi connectivity index (χ4v) is 5.25. The van der Waals surface area contributed by atoms with Crippen LogP contribution in [-0.2, 0) is 6.67 Å². The molecular weight excluding hydrogens is 402 g/mol. The van der Waals surface area contributed by atoms with Crippen LogP contribution in [0.1, 0.15) is 38.5 Å². The number of likely N-dealkylation sites (tertiary alicyclic amines) is 2. The minimum Gasteiger partial charge on any atom is -0.333 e. The highest BCUT2D eigenvalue weighted by atomic mass is 79.9. The van der Waals surface area contributed by atoms with Crippen molar-refractivity contribution >= 4 is 26.8 Å². The second-order valence-electron chi connectivity index (χ2n) is 8.20. The van der Waals surface area contributed by atoms with Crippen molar-refractivity contribution < 1.29 is 0 Å². The molecule has 3 heterocycles. The molecule has 2 aliphatic heterocycles. The van der Waals surface area contributed by atoms with Crippen LogP contribution in [-0.4, -0.2) is 47.1 Å². The second-order valence-corrected chi connectivity index (χ2v) is 9.06. The Morgan fingerprint density at radius 1 is 0.926 bits per heavy atom. The van der Waals surface area contributed by atoms with Gasteiger partial charge in [-0.1, -0.05) is 18.9 Å². The van der Waals surface area contributed by atoms with E-state index in [1.54, 1.807) is 6.07 Å². The topological polar surface area (TPSA) is 28.5 Å². The van der Waals surface area contributed by atoms with Gasteiger partial charge in [0.05, 0.1) is 12.2 Å². The van der Waals surface area contributed by atoms with E-state index in [9.17, 15) is 4.79 Å². The molecule has 2 saturated heterocycles. The van der Waals surface area contributed by atoms with E-state index in [4.69, 9.17) is 0 Å². The third-order valence-electron chi connectivity index (χ3n) is 6.22. The summed E-state index contributed by atoms with van der Waals surface area (Å²) in [4.78, 5) is 17.4. The molecule has 1 aromatic carbocycles. The van der Waals surface area contributed by atoms with Gasteiger partial charge in [-0.25, -0.2) is 0 Å². The summed E-state index contributed by atoms with van der Waals surface area (Å²) in [6.45, 7) is 7.05. The summed E-state index contributed by atoms with van der Waals surface area (Å²) < 4.78 is 3.21. The molecule has 5 heteroatoms. The third-order valence-corrected chi connectivity index (χ3v) is 6.86. The van der Waals surface area contributed by atoms with E-state index >= 15 is 0 Å². The number of hydrogen-bond acceptors (Lipinski definition) is 3. The van der Waals surface area contributed by atoms with Gasteiger partial charge in [0.2, 0.25) is 0 Å². The molecule has 0 N–H and O–H groups in total. The highest BCUT2D eigenvalue weighted by molar-refractivity contribution is 9.10. The Hall–Kier alpha value is -1.17. The molecule has 0 atom stereocenters. The smallest absolute Gasteiger partial charge is 0.189 e. The quantitative estimate of drug-likeness (QED) is 0.721. The zero-order valence-corrected chi connectivity index (χ0v) is 17.7. The molecule has 2 aromatic rings. The second kappa shape index (κ2) is 8.89. The zero-order chi connectivity index (χ0) is 18.6. The van der Waals surface area contributed by atoms with Crippen molar-refractivity contribution in [2.45, 2.75) is 45.2 Å². The van der Waals surface area contributed by atoms with Gasteiger partial charge >= 0.3 is 0 Å². The van der Waals surface area contributed by atoms with E-state index in [-0.39, 0.29) is 5.43 Å². The van der Waals surface area contributed by atoms with E-state index in [1.807, 2.05) is 24.4 Å². The van der Waals surface area contributed by atoms with E-state index in [2.05, 4.69) is 30.3 Å². The lowest BCUT2D eigenvalue weighted by atomic mass is 9.96. The number of piperidine rings is 1. The summed E-state index contributed by atoms with van der Waals surface area (Å²) in [7, 11) is 0. The number of halogens is 1. The van der Waals surface area contributed by atoms with Crippen LogP contribution in [0.2, 0.25) is 0 Å². The van der Waals surface area contributed by atoms with Crippen LogP contribution in [0.5, 0.6) is 0 Å². The highest BCUT2D eigenvalue weighted by Gasteiger charge is 2.22. The average molecular weight is 432 g/mol. The summed E-state index contributed by atoms with van der Waals surface area (Å²) in [5, 5.41) is 0.794. The molecule has 4 nitrogen and oxygen atoms in total. The fourth-order valence-electron chi connectivity index (χ4n) is 4.66. The first-order valence-corrected chi connectivity index (χ1v) is 11.2. The molecular formula is C22H30BrN3O. The molecule has 0 aliphatic carbocycles. The van der Waals surface area contributed by atoms with Gasteiger partial charge in [-0.15, -0.1) is 0 Å². The molecule has 0 radical (unpaired) electrons. The third kappa shape index (κ3) is 4.64. The summed E-state index contributed by atoms with van der Waals surface area (Å²) >= 11 is 3.63. The number of pyridine rings is 1. The number of rotatable bonds is 4. The summed E-state index contributed by atoms with van der Waals surface area (Å²) in [5.74, 6) is 0.844. The van der Waals surface area contributed by atoms with Crippen LogP contribution in [0.4, 0.5) is 0 Å². The predicted octanol–water partition coefficient (Wildman–Crippen LogP) is 4.31. The molecule has 27 heavy (non-hydrogen) atoms. The molecule has 0 bridgehead atoms. The maximum absolute atomic E-state index is 12.2. The first-order valence-electron chi connectivity index (χ1n) is 10.4. The Morgan fingerprint density at radius 2 is 1.67 bits per heavy atom. The largest absolute Gasteiger partial charge is 0.333 e. The Kier molecular flexibility index (Phi) is 6.31. The van der Waals surface area contributed by atoms with Crippen molar-refractivity contribution in [1.29, 1.82) is 0 Å². The fraction of sp³-hybridized carbons (Fsp3) is 0.591. The molecule has 0 unspecified atom stereocenters. The molecule has 0 saturated carbocycles. The summed E-state index contributed by atoms with van der Waals surface area (Å²) in [5.41, 5.74) is 1.11. The van der Waals surface area contributed by atoms with E-state index in [0.29, 0.717) is 0 Å². The molecule has 2 aliphatic rings. The van der Waals surface area contributed by atoms with E-state index in [0.717, 1.165) is 41.1 Å². The Bertz CT molecular complexity index is 818. The lowest BCUT2D eigenvalue weighted by Crippen LogP contribution is -2.39. The van der Waals surface area contributed by atoms with Crippen LogP contribution in [0.3, 0.4) is 0 Å². The van der Waals surface area contributed by atoms with Gasteiger partial charge in [0.15, 0.2) is 5.43 Å². The number of benzene rings is 1. The molecule has 146 valence electrons. The van der Waals surface area contributed by atoms with Gasteiger partial charge in [0, 0.05) is 41.8 Å². The van der Waals surface area contributed by atoms with Gasteiger partial charge < -0.3 is 9.47 Å². The van der Waals surface area contributed by atoms with Crippen LogP contribution in [0.15, 0.2) is 39.7 Å². The van der Waals surface area contributed by atoms with Crippen LogP contribution < -0.4 is 5.43 Å². The first kappa shape index (κ1) is 19.2. The maximum atomic E-state index is 12.2. The van der Waals surface area contributed by atoms with Crippen molar-refractivity contribution in [3.63, 3.8) is 0 Å². The van der Waals surface area contributed by atoms with Gasteiger partial charge in [-0.3, -0.25) is 9.69 Å². The molecule has 0 spiro atoms.